The zero-order valence-electron chi connectivity index (χ0n) is 20.3. The molecule has 3 aromatic carbocycles. The summed E-state index contributed by atoms with van der Waals surface area (Å²) in [4.78, 5) is 38.2. The standard InChI is InChI=1S/C28H30BrN2O4PS/c29-36(21-11-4-1-5-12-21,22-13-6-2-7-14-22,23-15-8-3-9-16-23)18-10-17-31-26(32)19-25(27(31)33)37-20-24(30)28(34)35/h1-9,11-16,24-25H,10,17-20,30H2,(H,34,35)/t24-,25?/m0/s1. The number of nitrogens with two attached hydrogens (primary N) is 1. The van der Waals surface area contributed by atoms with Crippen molar-refractivity contribution in [2.24, 2.45) is 5.73 Å². The fourth-order valence-electron chi connectivity index (χ4n) is 4.89. The van der Waals surface area contributed by atoms with Crippen LogP contribution in [0.4, 0.5) is 0 Å². The molecule has 37 heavy (non-hydrogen) atoms. The molecule has 0 bridgehead atoms. The number of halogens is 1. The number of carbonyl (C=O) groups excluding carboxylic acids is 2. The average molecular weight is 602 g/mol. The second kappa shape index (κ2) is 11.5. The number of aliphatic carboxylic acids is 1. The summed E-state index contributed by atoms with van der Waals surface area (Å²) in [7, 11) is 0. The number of hydrogen-bond acceptors (Lipinski definition) is 5. The Morgan fingerprint density at radius 1 is 0.946 bits per heavy atom. The van der Waals surface area contributed by atoms with Crippen LogP contribution in [-0.4, -0.2) is 57.5 Å². The molecular formula is C28H30BrN2O4PS. The number of hydrogen-bond donors (Lipinski definition) is 2. The van der Waals surface area contributed by atoms with Crippen molar-refractivity contribution in [3.63, 3.8) is 0 Å². The average Bonchev–Trinajstić information content (AvgIpc) is 3.20. The molecule has 0 aliphatic carbocycles. The summed E-state index contributed by atoms with van der Waals surface area (Å²) in [5.74, 6) is -1.52. The molecular weight excluding hydrogens is 571 g/mol. The molecule has 0 radical (unpaired) electrons. The van der Waals surface area contributed by atoms with Gasteiger partial charge >= 0.3 is 230 Å². The van der Waals surface area contributed by atoms with E-state index in [1.54, 1.807) is 0 Å². The Balaban J connectivity index is 1.63. The molecule has 1 heterocycles. The van der Waals surface area contributed by atoms with Crippen LogP contribution < -0.4 is 21.6 Å². The summed E-state index contributed by atoms with van der Waals surface area (Å²) in [6.45, 7) is 0.301. The van der Waals surface area contributed by atoms with Gasteiger partial charge in [0.1, 0.15) is 0 Å². The van der Waals surface area contributed by atoms with E-state index in [1.807, 2.05) is 54.6 Å². The van der Waals surface area contributed by atoms with E-state index in [9.17, 15) is 14.4 Å². The summed E-state index contributed by atoms with van der Waals surface area (Å²) >= 11 is 5.54. The Bertz CT molecular complexity index is 1160. The van der Waals surface area contributed by atoms with E-state index in [-0.39, 0.29) is 24.0 Å². The number of carboxylic acid groups (broad SMARTS) is 1. The van der Waals surface area contributed by atoms with E-state index in [4.69, 9.17) is 10.8 Å². The van der Waals surface area contributed by atoms with Gasteiger partial charge in [-0.25, -0.2) is 0 Å². The Morgan fingerprint density at radius 2 is 1.41 bits per heavy atom. The predicted octanol–water partition coefficient (Wildman–Crippen LogP) is 3.49. The quantitative estimate of drug-likeness (QED) is 0.258. The van der Waals surface area contributed by atoms with Crippen molar-refractivity contribution >= 4 is 66.3 Å². The molecule has 0 aromatic heterocycles. The molecule has 0 spiro atoms. The number of amides is 2. The molecule has 4 rings (SSSR count). The topological polar surface area (TPSA) is 101 Å². The van der Waals surface area contributed by atoms with Crippen LogP contribution in [0.5, 0.6) is 0 Å². The maximum atomic E-state index is 13.0. The van der Waals surface area contributed by atoms with Gasteiger partial charge in [-0.2, -0.15) is 0 Å². The molecule has 1 aliphatic rings. The molecule has 6 nitrogen and oxygen atoms in total. The van der Waals surface area contributed by atoms with E-state index in [0.29, 0.717) is 19.1 Å². The van der Waals surface area contributed by atoms with Crippen molar-refractivity contribution in [2.75, 3.05) is 18.5 Å². The van der Waals surface area contributed by atoms with Gasteiger partial charge in [0.15, 0.2) is 0 Å². The predicted molar refractivity (Wildman–Crippen MR) is 157 cm³/mol. The Morgan fingerprint density at radius 3 is 1.84 bits per heavy atom. The van der Waals surface area contributed by atoms with Crippen molar-refractivity contribution < 1.29 is 19.5 Å². The second-order valence-electron chi connectivity index (χ2n) is 9.12. The van der Waals surface area contributed by atoms with Gasteiger partial charge in [0.05, 0.1) is 0 Å². The number of rotatable bonds is 11. The minimum absolute atomic E-state index is 0.0732. The molecule has 2 atom stereocenters. The number of carbonyl (C=O) groups is 3. The molecule has 3 aromatic rings. The fourth-order valence-corrected chi connectivity index (χ4v) is 13.7. The third-order valence-electron chi connectivity index (χ3n) is 6.84. The fraction of sp³-hybridized carbons (Fsp3) is 0.250. The summed E-state index contributed by atoms with van der Waals surface area (Å²) in [5, 5.41) is 8.84. The summed E-state index contributed by atoms with van der Waals surface area (Å²) in [5.41, 5.74) is 5.59. The molecule has 1 unspecified atom stereocenters. The number of imide groups is 1. The minimum atomic E-state index is -3.14. The summed E-state index contributed by atoms with van der Waals surface area (Å²) in [6, 6.07) is 30.1. The number of nitrogens with zero attached hydrogens (tertiary/aromatic N) is 1. The number of thioether (sulfide) groups is 1. The zero-order chi connectivity index (χ0) is 26.5. The Kier molecular flexibility index (Phi) is 8.54. The van der Waals surface area contributed by atoms with Crippen LogP contribution in [0.15, 0.2) is 91.0 Å². The van der Waals surface area contributed by atoms with Gasteiger partial charge < -0.3 is 0 Å². The second-order valence-corrected chi connectivity index (χ2v) is 19.4. The Hall–Kier alpha value is -2.51. The molecule has 2 amide bonds. The first-order valence-electron chi connectivity index (χ1n) is 12.1. The van der Waals surface area contributed by atoms with Gasteiger partial charge in [0.25, 0.3) is 0 Å². The summed E-state index contributed by atoms with van der Waals surface area (Å²) in [6.07, 6.45) is 1.39. The van der Waals surface area contributed by atoms with Crippen molar-refractivity contribution in [3.8, 4) is 0 Å². The van der Waals surface area contributed by atoms with Crippen molar-refractivity contribution in [1.29, 1.82) is 0 Å². The first kappa shape index (κ1) is 27.5. The first-order chi connectivity index (χ1) is 17.7. The van der Waals surface area contributed by atoms with Crippen LogP contribution in [-0.2, 0) is 14.4 Å². The van der Waals surface area contributed by atoms with Crippen molar-refractivity contribution in [2.45, 2.75) is 24.1 Å². The van der Waals surface area contributed by atoms with Crippen LogP contribution in [0.25, 0.3) is 0 Å². The molecule has 1 fully saturated rings. The van der Waals surface area contributed by atoms with Crippen LogP contribution in [0.3, 0.4) is 0 Å². The van der Waals surface area contributed by atoms with Crippen molar-refractivity contribution in [1.82, 2.24) is 4.90 Å². The number of benzene rings is 3. The van der Waals surface area contributed by atoms with Gasteiger partial charge in [-0.05, 0) is 0 Å². The summed E-state index contributed by atoms with van der Waals surface area (Å²) < 4.78 is 0. The van der Waals surface area contributed by atoms with Crippen molar-refractivity contribution in [3.05, 3.63) is 91.0 Å². The molecule has 0 saturated carbocycles. The van der Waals surface area contributed by atoms with E-state index in [0.717, 1.165) is 11.8 Å². The van der Waals surface area contributed by atoms with E-state index in [1.165, 1.54) is 20.8 Å². The van der Waals surface area contributed by atoms with Crippen LogP contribution >= 0.6 is 32.6 Å². The monoisotopic (exact) mass is 600 g/mol. The van der Waals surface area contributed by atoms with Gasteiger partial charge in [0, 0.05) is 0 Å². The van der Waals surface area contributed by atoms with Crippen LogP contribution in [0, 0.1) is 0 Å². The van der Waals surface area contributed by atoms with E-state index >= 15 is 0 Å². The van der Waals surface area contributed by atoms with Gasteiger partial charge in [-0.15, -0.1) is 0 Å². The van der Waals surface area contributed by atoms with Crippen LogP contribution in [0.1, 0.15) is 12.8 Å². The van der Waals surface area contributed by atoms with Gasteiger partial charge in [-0.1, -0.05) is 0 Å². The van der Waals surface area contributed by atoms with Crippen LogP contribution in [0.2, 0.25) is 0 Å². The first-order valence-corrected chi connectivity index (χ1v) is 17.6. The molecule has 3 N–H and O–H groups in total. The Labute approximate surface area is 229 Å². The normalized spacial score (nSPS) is 17.8. The van der Waals surface area contributed by atoms with E-state index < -0.39 is 22.6 Å². The maximum absolute atomic E-state index is 13.0. The molecule has 1 aliphatic heterocycles. The SMILES string of the molecule is N[C@@H](CSC1CC(=O)N(CCCP(Br)(c2ccccc2)(c2ccccc2)c2ccccc2)C1=O)C(=O)O. The van der Waals surface area contributed by atoms with Gasteiger partial charge in [0.2, 0.25) is 0 Å². The molecule has 194 valence electrons. The number of likely N-dealkylation sites (tertiary alicyclic amines) is 1. The third-order valence-corrected chi connectivity index (χ3v) is 18.2. The third kappa shape index (κ3) is 5.39. The number of carboxylic acids is 1. The van der Waals surface area contributed by atoms with E-state index in [2.05, 4.69) is 51.9 Å². The molecule has 9 heteroatoms. The zero-order valence-corrected chi connectivity index (χ0v) is 23.6. The molecule has 1 saturated heterocycles. The van der Waals surface area contributed by atoms with Gasteiger partial charge in [-0.3, -0.25) is 0 Å².